The molecule has 0 spiro atoms. The van der Waals surface area contributed by atoms with Crippen LogP contribution in [0.2, 0.25) is 0 Å². The molecule has 0 unspecified atom stereocenters. The number of aromatic nitrogens is 1. The third kappa shape index (κ3) is 2.06. The fourth-order valence-electron chi connectivity index (χ4n) is 2.02. The van der Waals surface area contributed by atoms with Gasteiger partial charge in [0, 0.05) is 0 Å². The summed E-state index contributed by atoms with van der Waals surface area (Å²) in [5.74, 6) is -2.57. The van der Waals surface area contributed by atoms with E-state index in [1.165, 1.54) is 30.3 Å². The van der Waals surface area contributed by atoms with Crippen LogP contribution in [0.1, 0.15) is 31.2 Å². The van der Waals surface area contributed by atoms with Gasteiger partial charge in [-0.15, -0.1) is 0 Å². The molecule has 7 nitrogen and oxygen atoms in total. The zero-order valence-electron chi connectivity index (χ0n) is 10.9. The fourth-order valence-corrected chi connectivity index (χ4v) is 2.19. The van der Waals surface area contributed by atoms with Gasteiger partial charge < -0.3 is 10.0 Å². The minimum Gasteiger partial charge on any atom is -0.427 e. The van der Waals surface area contributed by atoms with E-state index in [4.69, 9.17) is 17.1 Å². The molecule has 22 heavy (non-hydrogen) atoms. The Bertz CT molecular complexity index is 839. The van der Waals surface area contributed by atoms with E-state index in [-0.39, 0.29) is 21.5 Å². The number of pyridine rings is 1. The normalized spacial score (nSPS) is 13.2. The van der Waals surface area contributed by atoms with Gasteiger partial charge in [-0.1, -0.05) is 35.5 Å². The summed E-state index contributed by atoms with van der Waals surface area (Å²) < 4.78 is 0.423. The monoisotopic (exact) mass is 316 g/mol. The maximum atomic E-state index is 12.1. The molecule has 3 rings (SSSR count). The summed E-state index contributed by atoms with van der Waals surface area (Å²) in [4.78, 5) is 41.0. The van der Waals surface area contributed by atoms with Crippen LogP contribution in [0.4, 0.5) is 0 Å². The van der Waals surface area contributed by atoms with Crippen molar-refractivity contribution in [2.24, 2.45) is 0 Å². The minimum absolute atomic E-state index is 0.0168. The molecule has 2 aromatic rings. The number of hydroxylamine groups is 2. The quantitative estimate of drug-likeness (QED) is 0.516. The number of carbonyl (C=O) groups excluding carboxylic acids is 3. The van der Waals surface area contributed by atoms with E-state index in [1.807, 2.05) is 0 Å². The average molecular weight is 316 g/mol. The first-order chi connectivity index (χ1) is 10.5. The molecule has 0 saturated carbocycles. The maximum absolute atomic E-state index is 12.1. The molecule has 1 aliphatic heterocycles. The summed E-state index contributed by atoms with van der Waals surface area (Å²) in [6.07, 6.45) is 0. The molecule has 2 heterocycles. The van der Waals surface area contributed by atoms with E-state index >= 15 is 0 Å². The molecule has 1 aromatic heterocycles. The molecule has 0 radical (unpaired) electrons. The molecule has 8 heteroatoms. The SMILES string of the molecule is O=C(ON1C(=O)c2ccccc2C1=O)c1cccc(=S)n1O. The Balaban J connectivity index is 1.90. The molecule has 0 atom stereocenters. The van der Waals surface area contributed by atoms with Crippen molar-refractivity contribution >= 4 is 30.0 Å². The summed E-state index contributed by atoms with van der Waals surface area (Å²) in [6.45, 7) is 0. The molecule has 110 valence electrons. The van der Waals surface area contributed by atoms with E-state index in [2.05, 4.69) is 0 Å². The van der Waals surface area contributed by atoms with Crippen molar-refractivity contribution in [2.75, 3.05) is 0 Å². The zero-order valence-corrected chi connectivity index (χ0v) is 11.7. The van der Waals surface area contributed by atoms with Gasteiger partial charge in [-0.2, -0.15) is 4.73 Å². The standard InChI is InChI=1S/C14H8N2O5S/c17-12-8-4-1-2-5-9(8)13(18)16(12)21-14(19)10-6-3-7-11(22)15(10)20/h1-7,20H. The Morgan fingerprint density at radius 1 is 1.00 bits per heavy atom. The number of amides is 2. The molecular weight excluding hydrogens is 308 g/mol. The van der Waals surface area contributed by atoms with Gasteiger partial charge in [0.05, 0.1) is 11.1 Å². The smallest absolute Gasteiger partial charge is 0.383 e. The number of hydrogen-bond donors (Lipinski definition) is 1. The van der Waals surface area contributed by atoms with Crippen molar-refractivity contribution in [3.63, 3.8) is 0 Å². The highest BCUT2D eigenvalue weighted by Gasteiger charge is 2.39. The summed E-state index contributed by atoms with van der Waals surface area (Å²) in [5, 5.41) is 10.0. The van der Waals surface area contributed by atoms with Gasteiger partial charge in [0.1, 0.15) is 4.64 Å². The van der Waals surface area contributed by atoms with Crippen LogP contribution >= 0.6 is 12.2 Å². The molecule has 1 N–H and O–H groups in total. The third-order valence-electron chi connectivity index (χ3n) is 3.07. The topological polar surface area (TPSA) is 88.8 Å². The van der Waals surface area contributed by atoms with Crippen molar-refractivity contribution in [2.45, 2.75) is 0 Å². The van der Waals surface area contributed by atoms with Crippen LogP contribution in [-0.2, 0) is 4.84 Å². The second-order valence-electron chi connectivity index (χ2n) is 4.39. The van der Waals surface area contributed by atoms with Crippen LogP contribution in [-0.4, -0.2) is 32.8 Å². The van der Waals surface area contributed by atoms with Crippen molar-refractivity contribution in [1.29, 1.82) is 0 Å². The number of hydrogen-bond acceptors (Lipinski definition) is 6. The first-order valence-corrected chi connectivity index (χ1v) is 6.53. The van der Waals surface area contributed by atoms with Crippen molar-refractivity contribution < 1.29 is 24.4 Å². The molecule has 0 aliphatic carbocycles. The first kappa shape index (κ1) is 14.0. The lowest BCUT2D eigenvalue weighted by Gasteiger charge is -2.13. The second-order valence-corrected chi connectivity index (χ2v) is 4.81. The van der Waals surface area contributed by atoms with Crippen molar-refractivity contribution in [3.05, 3.63) is 63.9 Å². The Morgan fingerprint density at radius 3 is 2.18 bits per heavy atom. The average Bonchev–Trinajstić information content (AvgIpc) is 2.75. The maximum Gasteiger partial charge on any atom is 0.383 e. The highest BCUT2D eigenvalue weighted by atomic mass is 32.1. The molecular formula is C14H8N2O5S. The van der Waals surface area contributed by atoms with Crippen LogP contribution in [0.15, 0.2) is 42.5 Å². The molecule has 0 fully saturated rings. The largest absolute Gasteiger partial charge is 0.427 e. The van der Waals surface area contributed by atoms with Crippen LogP contribution in [0.5, 0.6) is 0 Å². The van der Waals surface area contributed by atoms with Crippen molar-refractivity contribution in [1.82, 2.24) is 9.79 Å². The number of nitrogens with zero attached hydrogens (tertiary/aromatic N) is 2. The Hall–Kier alpha value is -3.00. The zero-order chi connectivity index (χ0) is 15.9. The minimum atomic E-state index is -1.08. The van der Waals surface area contributed by atoms with E-state index in [0.717, 1.165) is 0 Å². The summed E-state index contributed by atoms with van der Waals surface area (Å²) in [6, 6.07) is 10.2. The summed E-state index contributed by atoms with van der Waals surface area (Å²) >= 11 is 4.80. The van der Waals surface area contributed by atoms with Gasteiger partial charge in [0.15, 0.2) is 5.69 Å². The van der Waals surface area contributed by atoms with Crippen LogP contribution in [0.25, 0.3) is 0 Å². The molecule has 1 aliphatic rings. The van der Waals surface area contributed by atoms with Crippen LogP contribution in [0, 0.1) is 4.64 Å². The Kier molecular flexibility index (Phi) is 3.22. The number of rotatable bonds is 2. The van der Waals surface area contributed by atoms with E-state index < -0.39 is 17.8 Å². The lowest BCUT2D eigenvalue weighted by atomic mass is 10.1. The van der Waals surface area contributed by atoms with Crippen LogP contribution in [0.3, 0.4) is 0 Å². The highest BCUT2D eigenvalue weighted by molar-refractivity contribution is 7.71. The fraction of sp³-hybridized carbons (Fsp3) is 0. The molecule has 0 saturated heterocycles. The lowest BCUT2D eigenvalue weighted by Crippen LogP contribution is -2.33. The number of fused-ring (bicyclic) bond motifs is 1. The second kappa shape index (κ2) is 5.08. The molecule has 0 bridgehead atoms. The van der Waals surface area contributed by atoms with Gasteiger partial charge in [-0.25, -0.2) is 4.79 Å². The van der Waals surface area contributed by atoms with E-state index in [0.29, 0.717) is 9.79 Å². The number of imide groups is 1. The predicted octanol–water partition coefficient (Wildman–Crippen LogP) is 1.82. The van der Waals surface area contributed by atoms with Crippen LogP contribution < -0.4 is 0 Å². The first-order valence-electron chi connectivity index (χ1n) is 6.12. The third-order valence-corrected chi connectivity index (χ3v) is 3.38. The van der Waals surface area contributed by atoms with Gasteiger partial charge in [0.2, 0.25) is 0 Å². The van der Waals surface area contributed by atoms with E-state index in [1.54, 1.807) is 12.1 Å². The number of benzene rings is 1. The summed E-state index contributed by atoms with van der Waals surface area (Å²) in [5.41, 5.74) is -0.00699. The summed E-state index contributed by atoms with van der Waals surface area (Å²) in [7, 11) is 0. The van der Waals surface area contributed by atoms with Gasteiger partial charge in [-0.05, 0) is 24.3 Å². The lowest BCUT2D eigenvalue weighted by molar-refractivity contribution is -0.0605. The molecule has 1 aromatic carbocycles. The van der Waals surface area contributed by atoms with Crippen molar-refractivity contribution in [3.8, 4) is 0 Å². The number of carbonyl (C=O) groups is 3. The predicted molar refractivity (Wildman–Crippen MR) is 74.8 cm³/mol. The Morgan fingerprint density at radius 2 is 1.59 bits per heavy atom. The Labute approximate surface area is 128 Å². The van der Waals surface area contributed by atoms with Gasteiger partial charge in [-0.3, -0.25) is 9.59 Å². The van der Waals surface area contributed by atoms with Gasteiger partial charge in [0.25, 0.3) is 11.8 Å². The van der Waals surface area contributed by atoms with Gasteiger partial charge >= 0.3 is 5.97 Å². The van der Waals surface area contributed by atoms with E-state index in [9.17, 15) is 19.6 Å². The highest BCUT2D eigenvalue weighted by Crippen LogP contribution is 2.23. The molecule has 2 amide bonds.